The van der Waals surface area contributed by atoms with E-state index < -0.39 is 6.10 Å². The Morgan fingerprint density at radius 2 is 1.74 bits per heavy atom. The zero-order chi connectivity index (χ0) is 13.2. The number of aliphatic hydroxyl groups excluding tert-OH is 2. The van der Waals surface area contributed by atoms with E-state index in [0.717, 1.165) is 21.8 Å². The Morgan fingerprint density at radius 3 is 2.42 bits per heavy atom. The summed E-state index contributed by atoms with van der Waals surface area (Å²) in [5.74, 6) is 0. The summed E-state index contributed by atoms with van der Waals surface area (Å²) in [5, 5.41) is 20.5. The summed E-state index contributed by atoms with van der Waals surface area (Å²) in [5.41, 5.74) is 2.33. The first-order valence-electron chi connectivity index (χ1n) is 6.19. The van der Waals surface area contributed by atoms with Gasteiger partial charge in [0.25, 0.3) is 0 Å². The van der Waals surface area contributed by atoms with Crippen LogP contribution in [0, 0.1) is 0 Å². The maximum Gasteiger partial charge on any atom is 0.0896 e. The third-order valence-corrected chi connectivity index (χ3v) is 3.12. The Balaban J connectivity index is 2.09. The lowest BCUT2D eigenvalue weighted by Gasteiger charge is -2.07. The molecule has 3 rings (SSSR count). The lowest BCUT2D eigenvalue weighted by Crippen LogP contribution is -2.16. The molecule has 4 heteroatoms. The van der Waals surface area contributed by atoms with Gasteiger partial charge in [0.15, 0.2) is 0 Å². The van der Waals surface area contributed by atoms with E-state index >= 15 is 0 Å². The van der Waals surface area contributed by atoms with Crippen LogP contribution in [0.4, 0.5) is 0 Å². The van der Waals surface area contributed by atoms with Crippen LogP contribution in [-0.4, -0.2) is 32.9 Å². The van der Waals surface area contributed by atoms with Crippen LogP contribution in [0.3, 0.4) is 0 Å². The normalized spacial score (nSPS) is 12.9. The number of aromatic nitrogens is 2. The van der Waals surface area contributed by atoms with Crippen LogP contribution in [0.1, 0.15) is 5.69 Å². The molecule has 0 aliphatic heterocycles. The third-order valence-electron chi connectivity index (χ3n) is 3.12. The van der Waals surface area contributed by atoms with Gasteiger partial charge in [-0.25, -0.2) is 4.98 Å². The average molecular weight is 254 g/mol. The molecule has 19 heavy (non-hydrogen) atoms. The molecule has 96 valence electrons. The minimum Gasteiger partial charge on any atom is -0.394 e. The molecule has 0 aliphatic carbocycles. The van der Waals surface area contributed by atoms with E-state index in [1.807, 2.05) is 36.4 Å². The second kappa shape index (κ2) is 4.91. The van der Waals surface area contributed by atoms with Crippen molar-refractivity contribution in [1.29, 1.82) is 0 Å². The Hall–Kier alpha value is -2.04. The van der Waals surface area contributed by atoms with Gasteiger partial charge in [-0.15, -0.1) is 0 Å². The maximum absolute atomic E-state index is 9.44. The highest BCUT2D eigenvalue weighted by Crippen LogP contribution is 2.20. The lowest BCUT2D eigenvalue weighted by atomic mass is 10.1. The number of rotatable bonds is 3. The molecule has 2 aromatic carbocycles. The van der Waals surface area contributed by atoms with Gasteiger partial charge in [-0.3, -0.25) is 4.98 Å². The van der Waals surface area contributed by atoms with Gasteiger partial charge in [-0.1, -0.05) is 24.3 Å². The molecule has 4 nitrogen and oxygen atoms in total. The zero-order valence-corrected chi connectivity index (χ0v) is 10.3. The molecule has 0 amide bonds. The van der Waals surface area contributed by atoms with Crippen LogP contribution in [0.5, 0.6) is 0 Å². The van der Waals surface area contributed by atoms with Gasteiger partial charge in [0.05, 0.1) is 29.4 Å². The van der Waals surface area contributed by atoms with Crippen molar-refractivity contribution in [2.45, 2.75) is 12.5 Å². The van der Waals surface area contributed by atoms with E-state index in [1.165, 1.54) is 0 Å². The molecule has 0 saturated heterocycles. The first-order valence-corrected chi connectivity index (χ1v) is 6.19. The standard InChI is InChI=1S/C15H14N2O2/c18-9-13(19)7-12-8-16-14-5-10-3-1-2-4-11(10)6-15(14)17-12/h1-6,8,13,18-19H,7,9H2. The van der Waals surface area contributed by atoms with Crippen molar-refractivity contribution >= 4 is 21.8 Å². The molecule has 0 saturated carbocycles. The van der Waals surface area contributed by atoms with Crippen LogP contribution in [0.25, 0.3) is 21.8 Å². The fourth-order valence-corrected chi connectivity index (χ4v) is 2.14. The van der Waals surface area contributed by atoms with Crippen LogP contribution in [-0.2, 0) is 6.42 Å². The molecular formula is C15H14N2O2. The van der Waals surface area contributed by atoms with E-state index in [-0.39, 0.29) is 6.61 Å². The Labute approximate surface area is 110 Å². The Bertz CT molecular complexity index is 727. The van der Waals surface area contributed by atoms with Gasteiger partial charge in [-0.2, -0.15) is 0 Å². The summed E-state index contributed by atoms with van der Waals surface area (Å²) in [6.45, 7) is -0.266. The largest absolute Gasteiger partial charge is 0.394 e. The van der Waals surface area contributed by atoms with Crippen LogP contribution >= 0.6 is 0 Å². The highest BCUT2D eigenvalue weighted by molar-refractivity contribution is 5.94. The van der Waals surface area contributed by atoms with Crippen molar-refractivity contribution in [1.82, 2.24) is 9.97 Å². The molecule has 3 aromatic rings. The third kappa shape index (κ3) is 2.41. The second-order valence-electron chi connectivity index (χ2n) is 4.59. The Morgan fingerprint density at radius 1 is 1.05 bits per heavy atom. The van der Waals surface area contributed by atoms with Gasteiger partial charge in [0.1, 0.15) is 0 Å². The van der Waals surface area contributed by atoms with Crippen molar-refractivity contribution in [3.05, 3.63) is 48.3 Å². The highest BCUT2D eigenvalue weighted by atomic mass is 16.3. The zero-order valence-electron chi connectivity index (χ0n) is 10.3. The summed E-state index contributed by atoms with van der Waals surface area (Å²) in [7, 11) is 0. The smallest absolute Gasteiger partial charge is 0.0896 e. The van der Waals surface area contributed by atoms with Crippen molar-refractivity contribution in [2.75, 3.05) is 6.61 Å². The molecule has 0 aliphatic rings. The van der Waals surface area contributed by atoms with Gasteiger partial charge >= 0.3 is 0 Å². The number of nitrogens with zero attached hydrogens (tertiary/aromatic N) is 2. The predicted octanol–water partition coefficient (Wildman–Crippen LogP) is 1.68. The van der Waals surface area contributed by atoms with Crippen molar-refractivity contribution in [2.24, 2.45) is 0 Å². The van der Waals surface area contributed by atoms with Gasteiger partial charge < -0.3 is 10.2 Å². The fourth-order valence-electron chi connectivity index (χ4n) is 2.14. The van der Waals surface area contributed by atoms with Crippen LogP contribution in [0.2, 0.25) is 0 Å². The van der Waals surface area contributed by atoms with E-state index in [9.17, 15) is 5.11 Å². The fraction of sp³-hybridized carbons (Fsp3) is 0.200. The highest BCUT2D eigenvalue weighted by Gasteiger charge is 2.07. The molecule has 2 N–H and O–H groups in total. The maximum atomic E-state index is 9.44. The van der Waals surface area contributed by atoms with Crippen LogP contribution < -0.4 is 0 Å². The molecule has 1 atom stereocenters. The molecular weight excluding hydrogens is 240 g/mol. The summed E-state index contributed by atoms with van der Waals surface area (Å²) in [4.78, 5) is 8.84. The number of aliphatic hydroxyl groups is 2. The summed E-state index contributed by atoms with van der Waals surface area (Å²) in [6, 6.07) is 12.1. The number of benzene rings is 2. The van der Waals surface area contributed by atoms with E-state index in [2.05, 4.69) is 9.97 Å². The molecule has 0 spiro atoms. The van der Waals surface area contributed by atoms with Gasteiger partial charge in [-0.05, 0) is 22.9 Å². The SMILES string of the molecule is OCC(O)Cc1cnc2cc3ccccc3cc2n1. The minimum absolute atomic E-state index is 0.266. The molecule has 1 aromatic heterocycles. The quantitative estimate of drug-likeness (QED) is 0.698. The van der Waals surface area contributed by atoms with Crippen molar-refractivity contribution in [3.63, 3.8) is 0 Å². The first kappa shape index (κ1) is 12.0. The molecule has 0 bridgehead atoms. The van der Waals surface area contributed by atoms with Crippen molar-refractivity contribution in [3.8, 4) is 0 Å². The predicted molar refractivity (Wildman–Crippen MR) is 73.8 cm³/mol. The summed E-state index contributed by atoms with van der Waals surface area (Å²) in [6.07, 6.45) is 1.18. The van der Waals surface area contributed by atoms with Crippen LogP contribution in [0.15, 0.2) is 42.6 Å². The number of hydrogen-bond acceptors (Lipinski definition) is 4. The topological polar surface area (TPSA) is 66.2 Å². The Kier molecular flexibility index (Phi) is 3.11. The second-order valence-corrected chi connectivity index (χ2v) is 4.59. The number of hydrogen-bond donors (Lipinski definition) is 2. The number of fused-ring (bicyclic) bond motifs is 2. The first-order chi connectivity index (χ1) is 9.26. The molecule has 1 unspecified atom stereocenters. The van der Waals surface area contributed by atoms with E-state index in [0.29, 0.717) is 12.1 Å². The van der Waals surface area contributed by atoms with E-state index in [4.69, 9.17) is 5.11 Å². The minimum atomic E-state index is -0.785. The molecule has 1 heterocycles. The molecule has 0 radical (unpaired) electrons. The van der Waals surface area contributed by atoms with E-state index in [1.54, 1.807) is 6.20 Å². The van der Waals surface area contributed by atoms with Crippen molar-refractivity contribution < 1.29 is 10.2 Å². The van der Waals surface area contributed by atoms with Gasteiger partial charge in [0.2, 0.25) is 0 Å². The summed E-state index contributed by atoms with van der Waals surface area (Å²) >= 11 is 0. The summed E-state index contributed by atoms with van der Waals surface area (Å²) < 4.78 is 0. The average Bonchev–Trinajstić information content (AvgIpc) is 2.45. The lowest BCUT2D eigenvalue weighted by molar-refractivity contribution is 0.0947. The monoisotopic (exact) mass is 254 g/mol. The molecule has 0 fully saturated rings. The van der Waals surface area contributed by atoms with Gasteiger partial charge in [0, 0.05) is 12.6 Å².